The van der Waals surface area contributed by atoms with Gasteiger partial charge in [-0.05, 0) is 17.3 Å². The predicted octanol–water partition coefficient (Wildman–Crippen LogP) is 0.143. The van der Waals surface area contributed by atoms with Gasteiger partial charge in [0.2, 0.25) is 0 Å². The average Bonchev–Trinajstić information content (AvgIpc) is 2.34. The zero-order valence-electron chi connectivity index (χ0n) is 5.53. The van der Waals surface area contributed by atoms with Crippen molar-refractivity contribution in [2.75, 3.05) is 5.84 Å². The Morgan fingerprint density at radius 3 is 2.73 bits per heavy atom. The van der Waals surface area contributed by atoms with Gasteiger partial charge < -0.3 is 5.84 Å². The fraction of sp³-hybridized carbons (Fsp3) is 0. The minimum Gasteiger partial charge on any atom is -0.321 e. The van der Waals surface area contributed by atoms with Gasteiger partial charge in [0.05, 0.1) is 0 Å². The molecule has 5 heteroatoms. The first-order valence-electron chi connectivity index (χ1n) is 2.93. The van der Waals surface area contributed by atoms with E-state index in [1.165, 1.54) is 4.79 Å². The number of nitrogens with two attached hydrogens (primary N) is 1. The van der Waals surface area contributed by atoms with E-state index in [-0.39, 0.29) is 22.4 Å². The number of rotatable bonds is 0. The molecule has 0 saturated heterocycles. The van der Waals surface area contributed by atoms with Crippen molar-refractivity contribution in [2.24, 2.45) is 0 Å². The topological polar surface area (TPSA) is 56.7 Å². The van der Waals surface area contributed by atoms with Crippen LogP contribution in [0.5, 0.6) is 0 Å². The Kier molecular flexibility index (Phi) is 2.28. The van der Waals surface area contributed by atoms with Gasteiger partial charge in [-0.1, -0.05) is 12.1 Å². The van der Waals surface area contributed by atoms with E-state index < -0.39 is 0 Å². The maximum atomic E-state index is 5.42. The number of aromatic nitrogens is 3. The molecule has 61 valence electrons. The molecule has 0 spiro atoms. The van der Waals surface area contributed by atoms with Crippen LogP contribution in [0.25, 0.3) is 11.0 Å². The summed E-state index contributed by atoms with van der Waals surface area (Å²) in [5.41, 5.74) is 1.67. The van der Waals surface area contributed by atoms with Crippen molar-refractivity contribution in [3.8, 4) is 0 Å². The molecular weight excluding hydrogens is 236 g/mol. The van der Waals surface area contributed by atoms with Gasteiger partial charge in [0, 0.05) is 22.4 Å². The first kappa shape index (κ1) is 8.26. The van der Waals surface area contributed by atoms with Crippen LogP contribution in [-0.2, 0) is 22.4 Å². The molecule has 2 aromatic rings. The fourth-order valence-electron chi connectivity index (χ4n) is 0.887. The van der Waals surface area contributed by atoms with Gasteiger partial charge in [0.15, 0.2) is 0 Å². The molecule has 1 aromatic heterocycles. The zero-order valence-corrected chi connectivity index (χ0v) is 7.01. The van der Waals surface area contributed by atoms with Crippen molar-refractivity contribution in [1.82, 2.24) is 15.1 Å². The Bertz CT molecular complexity index is 356. The van der Waals surface area contributed by atoms with Crippen molar-refractivity contribution in [2.45, 2.75) is 0 Å². The molecule has 0 aliphatic heterocycles. The second-order valence-corrected chi connectivity index (χ2v) is 2.02. The first-order chi connectivity index (χ1) is 4.88. The Labute approximate surface area is 78.9 Å². The molecule has 0 atom stereocenters. The predicted molar refractivity (Wildman–Crippen MR) is 37.7 cm³/mol. The van der Waals surface area contributed by atoms with E-state index in [0.29, 0.717) is 0 Å². The summed E-state index contributed by atoms with van der Waals surface area (Å²) in [4.78, 5) is 1.26. The van der Waals surface area contributed by atoms with Gasteiger partial charge in [0.1, 0.15) is 11.0 Å². The van der Waals surface area contributed by atoms with E-state index >= 15 is 0 Å². The van der Waals surface area contributed by atoms with Crippen LogP contribution < -0.4 is 5.84 Å². The monoisotopic (exact) mass is 241 g/mol. The van der Waals surface area contributed by atoms with Crippen LogP contribution in [0.2, 0.25) is 0 Å². The third kappa shape index (κ3) is 1.28. The minimum atomic E-state index is 0. The molecule has 0 amide bonds. The number of hydrogen-bond acceptors (Lipinski definition) is 3. The third-order valence-corrected chi connectivity index (χ3v) is 1.38. The fourth-order valence-corrected chi connectivity index (χ4v) is 0.887. The summed E-state index contributed by atoms with van der Waals surface area (Å²) in [5.74, 6) is 5.42. The molecule has 2 rings (SSSR count). The number of nitrogen functional groups attached to an aromatic ring is 1. The normalized spacial score (nSPS) is 9.45. The van der Waals surface area contributed by atoms with Crippen LogP contribution in [-0.4, -0.2) is 15.1 Å². The van der Waals surface area contributed by atoms with Gasteiger partial charge in [-0.3, -0.25) is 0 Å². The van der Waals surface area contributed by atoms with E-state index in [9.17, 15) is 0 Å². The molecular formula is C6H6AgN4. The summed E-state index contributed by atoms with van der Waals surface area (Å²) >= 11 is 0. The van der Waals surface area contributed by atoms with Gasteiger partial charge >= 0.3 is 0 Å². The molecule has 0 aliphatic carbocycles. The first-order valence-corrected chi connectivity index (χ1v) is 2.93. The van der Waals surface area contributed by atoms with E-state index in [2.05, 4.69) is 10.3 Å². The van der Waals surface area contributed by atoms with Crippen LogP contribution in [0.4, 0.5) is 0 Å². The largest absolute Gasteiger partial charge is 0.321 e. The van der Waals surface area contributed by atoms with Crippen LogP contribution >= 0.6 is 0 Å². The Balaban J connectivity index is 0.000000605. The maximum absolute atomic E-state index is 5.42. The SMILES string of the molecule is Nn1nnc2ccccc21.[Ag]. The smallest absolute Gasteiger partial charge is 0.115 e. The Hall–Kier alpha value is -0.840. The number of nitrogens with zero attached hydrogens (tertiary/aromatic N) is 3. The van der Waals surface area contributed by atoms with Crippen LogP contribution in [0.15, 0.2) is 24.3 Å². The molecule has 0 fully saturated rings. The van der Waals surface area contributed by atoms with Crippen molar-refractivity contribution < 1.29 is 22.4 Å². The van der Waals surface area contributed by atoms with Crippen LogP contribution in [0, 0.1) is 0 Å². The van der Waals surface area contributed by atoms with E-state index in [0.717, 1.165) is 11.0 Å². The van der Waals surface area contributed by atoms with Crippen LogP contribution in [0.1, 0.15) is 0 Å². The second-order valence-electron chi connectivity index (χ2n) is 2.02. The average molecular weight is 242 g/mol. The summed E-state index contributed by atoms with van der Waals surface area (Å²) in [6, 6.07) is 7.53. The summed E-state index contributed by atoms with van der Waals surface area (Å²) in [6.07, 6.45) is 0. The molecule has 4 nitrogen and oxygen atoms in total. The summed E-state index contributed by atoms with van der Waals surface area (Å²) in [7, 11) is 0. The van der Waals surface area contributed by atoms with Gasteiger partial charge in [0.25, 0.3) is 0 Å². The standard InChI is InChI=1S/C6H6N4.Ag/c7-10-6-4-2-1-3-5(6)8-9-10;/h1-4H,7H2;. The van der Waals surface area contributed by atoms with Crippen molar-refractivity contribution in [3.63, 3.8) is 0 Å². The van der Waals surface area contributed by atoms with Gasteiger partial charge in [-0.25, -0.2) is 0 Å². The van der Waals surface area contributed by atoms with Gasteiger partial charge in [-0.2, -0.15) is 4.79 Å². The van der Waals surface area contributed by atoms with E-state index in [1.54, 1.807) is 0 Å². The van der Waals surface area contributed by atoms with E-state index in [4.69, 9.17) is 5.84 Å². The summed E-state index contributed by atoms with van der Waals surface area (Å²) in [6.45, 7) is 0. The number of para-hydroxylation sites is 1. The summed E-state index contributed by atoms with van der Waals surface area (Å²) in [5, 5.41) is 7.45. The van der Waals surface area contributed by atoms with Crippen LogP contribution in [0.3, 0.4) is 0 Å². The molecule has 0 aliphatic rings. The number of benzene rings is 1. The number of hydrogen-bond donors (Lipinski definition) is 1. The molecule has 2 N–H and O–H groups in total. The third-order valence-electron chi connectivity index (χ3n) is 1.38. The summed E-state index contributed by atoms with van der Waals surface area (Å²) < 4.78 is 0. The molecule has 0 saturated carbocycles. The van der Waals surface area contributed by atoms with Gasteiger partial charge in [-0.15, -0.1) is 5.10 Å². The van der Waals surface area contributed by atoms with Crippen molar-refractivity contribution in [1.29, 1.82) is 0 Å². The molecule has 1 aromatic carbocycles. The quantitative estimate of drug-likeness (QED) is 0.528. The Morgan fingerprint density at radius 1 is 1.27 bits per heavy atom. The Morgan fingerprint density at radius 2 is 2.00 bits per heavy atom. The molecule has 0 unspecified atom stereocenters. The zero-order chi connectivity index (χ0) is 6.97. The molecule has 0 bridgehead atoms. The molecule has 11 heavy (non-hydrogen) atoms. The van der Waals surface area contributed by atoms with Crippen molar-refractivity contribution in [3.05, 3.63) is 24.3 Å². The minimum absolute atomic E-state index is 0. The molecule has 1 heterocycles. The van der Waals surface area contributed by atoms with E-state index in [1.807, 2.05) is 24.3 Å². The molecule has 1 radical (unpaired) electrons. The van der Waals surface area contributed by atoms with Crippen molar-refractivity contribution >= 4 is 11.0 Å². The maximum Gasteiger partial charge on any atom is 0.115 e. The number of fused-ring (bicyclic) bond motifs is 1. The second kappa shape index (κ2) is 3.04.